The summed E-state index contributed by atoms with van der Waals surface area (Å²) in [5.41, 5.74) is 3.89. The van der Waals surface area contributed by atoms with Gasteiger partial charge in [-0.2, -0.15) is 13.2 Å². The van der Waals surface area contributed by atoms with Crippen molar-refractivity contribution in [3.63, 3.8) is 0 Å². The van der Waals surface area contributed by atoms with Gasteiger partial charge in [-0.15, -0.1) is 4.52 Å². The lowest BCUT2D eigenvalue weighted by Gasteiger charge is -2.19. The van der Waals surface area contributed by atoms with Crippen LogP contribution in [0, 0.1) is 0 Å². The van der Waals surface area contributed by atoms with Crippen molar-refractivity contribution in [2.24, 2.45) is 5.73 Å². The van der Waals surface area contributed by atoms with Gasteiger partial charge in [-0.25, -0.2) is 0 Å². The smallest absolute Gasteiger partial charge is 0.493 e. The highest BCUT2D eigenvalue weighted by molar-refractivity contribution is 7.17. The molecule has 0 spiro atoms. The molecule has 0 bridgehead atoms. The second-order valence-electron chi connectivity index (χ2n) is 6.61. The summed E-state index contributed by atoms with van der Waals surface area (Å²) in [6.45, 7) is 1.58. The van der Waals surface area contributed by atoms with Gasteiger partial charge in [0.2, 0.25) is 0 Å². The molecular weight excluding hydrogens is 394 g/mol. The van der Waals surface area contributed by atoms with Crippen LogP contribution in [0.4, 0.5) is 13.2 Å². The molecule has 0 saturated heterocycles. The zero-order valence-electron chi connectivity index (χ0n) is 15.9. The molecule has 28 heavy (non-hydrogen) atoms. The summed E-state index contributed by atoms with van der Waals surface area (Å²) in [5.74, 6) is -0.211. The topological polar surface area (TPSA) is 81.8 Å². The average molecular weight is 422 g/mol. The molecular formula is C19H28F3NO4P+. The van der Waals surface area contributed by atoms with E-state index in [0.717, 1.165) is 31.7 Å². The van der Waals surface area contributed by atoms with E-state index in [0.29, 0.717) is 6.42 Å². The molecule has 3 N–H and O–H groups in total. The number of aliphatic hydroxyl groups excluding tert-OH is 1. The van der Waals surface area contributed by atoms with Crippen LogP contribution in [0.15, 0.2) is 24.3 Å². The number of halogens is 3. The van der Waals surface area contributed by atoms with Gasteiger partial charge in [0.15, 0.2) is 0 Å². The summed E-state index contributed by atoms with van der Waals surface area (Å²) in [6.07, 6.45) is 2.98. The van der Waals surface area contributed by atoms with Crippen LogP contribution in [0.2, 0.25) is 0 Å². The molecule has 0 aliphatic heterocycles. The third-order valence-corrected chi connectivity index (χ3v) is 4.38. The van der Waals surface area contributed by atoms with Crippen LogP contribution in [0.5, 0.6) is 5.75 Å². The molecule has 0 aliphatic carbocycles. The highest BCUT2D eigenvalue weighted by Gasteiger charge is 2.34. The lowest BCUT2D eigenvalue weighted by molar-refractivity contribution is -0.139. The van der Waals surface area contributed by atoms with E-state index in [2.05, 4.69) is 6.92 Å². The Bertz CT molecular complexity index is 640. The van der Waals surface area contributed by atoms with E-state index in [1.165, 1.54) is 24.3 Å². The molecule has 2 unspecified atom stereocenters. The fourth-order valence-electron chi connectivity index (χ4n) is 2.46. The number of hydrogen-bond acceptors (Lipinski definition) is 5. The Morgan fingerprint density at radius 1 is 1.21 bits per heavy atom. The number of unbranched alkanes of at least 4 members (excludes halogenated alkanes) is 4. The monoisotopic (exact) mass is 422 g/mol. The normalized spacial score (nSPS) is 14.5. The Kier molecular flexibility index (Phi) is 10.7. The van der Waals surface area contributed by atoms with Gasteiger partial charge < -0.3 is 15.6 Å². The average Bonchev–Trinajstić information content (AvgIpc) is 2.67. The molecule has 0 heterocycles. The molecule has 0 aromatic heterocycles. The zero-order valence-corrected chi connectivity index (χ0v) is 16.9. The molecule has 2 atom stereocenters. The van der Waals surface area contributed by atoms with E-state index in [1.807, 2.05) is 0 Å². The quantitative estimate of drug-likeness (QED) is 0.355. The molecule has 1 rings (SSSR count). The number of rotatable bonds is 13. The first-order valence-electron chi connectivity index (χ1n) is 9.17. The van der Waals surface area contributed by atoms with Gasteiger partial charge in [-0.05, 0) is 28.7 Å². The number of nitrogens with two attached hydrogens (primary N) is 1. The lowest BCUT2D eigenvalue weighted by atomic mass is 10.0. The fraction of sp³-hybridized carbons (Fsp3) is 0.579. The number of aliphatic hydroxyl groups is 1. The summed E-state index contributed by atoms with van der Waals surface area (Å²) >= 11 is 0. The molecule has 1 aromatic carbocycles. The van der Waals surface area contributed by atoms with E-state index in [-0.39, 0.29) is 24.5 Å². The van der Waals surface area contributed by atoms with Crippen molar-refractivity contribution in [3.05, 3.63) is 35.4 Å². The van der Waals surface area contributed by atoms with Crippen molar-refractivity contribution in [3.8, 4) is 5.75 Å². The Balaban J connectivity index is 2.88. The Labute approximate surface area is 165 Å². The molecule has 0 aliphatic rings. The molecule has 0 fully saturated rings. The van der Waals surface area contributed by atoms with Gasteiger partial charge in [0.1, 0.15) is 12.4 Å². The number of benzene rings is 1. The van der Waals surface area contributed by atoms with Crippen molar-refractivity contribution >= 4 is 14.8 Å². The minimum Gasteiger partial charge on any atom is -0.493 e. The van der Waals surface area contributed by atoms with Crippen LogP contribution in [0.25, 0.3) is 6.08 Å². The maximum absolute atomic E-state index is 13.4. The van der Waals surface area contributed by atoms with Gasteiger partial charge in [0, 0.05) is 0 Å². The molecule has 0 saturated carbocycles. The Hall–Kier alpha value is -1.47. The molecule has 0 radical (unpaired) electrons. The third-order valence-electron chi connectivity index (χ3n) is 4.12. The molecule has 158 valence electrons. The predicted molar refractivity (Wildman–Crippen MR) is 104 cm³/mol. The first-order valence-corrected chi connectivity index (χ1v) is 9.99. The van der Waals surface area contributed by atoms with E-state index in [4.69, 9.17) is 15.0 Å². The van der Waals surface area contributed by atoms with Gasteiger partial charge in [-0.1, -0.05) is 50.8 Å². The molecule has 0 amide bonds. The van der Waals surface area contributed by atoms with E-state index < -0.39 is 32.6 Å². The van der Waals surface area contributed by atoms with Crippen LogP contribution in [0.1, 0.15) is 50.2 Å². The molecule has 1 aromatic rings. The van der Waals surface area contributed by atoms with E-state index in [9.17, 15) is 22.8 Å². The largest absolute Gasteiger partial charge is 0.494 e. The Morgan fingerprint density at radius 2 is 1.93 bits per heavy atom. The zero-order chi connectivity index (χ0) is 21.0. The minimum absolute atomic E-state index is 0.211. The van der Waals surface area contributed by atoms with Crippen molar-refractivity contribution in [1.29, 1.82) is 0 Å². The second kappa shape index (κ2) is 12.2. The van der Waals surface area contributed by atoms with Crippen molar-refractivity contribution < 1.29 is 32.1 Å². The first kappa shape index (κ1) is 24.6. The van der Waals surface area contributed by atoms with Crippen LogP contribution in [-0.4, -0.2) is 30.5 Å². The summed E-state index contributed by atoms with van der Waals surface area (Å²) in [7, 11) is -1.05. The molecule has 5 nitrogen and oxygen atoms in total. The number of ether oxygens (including phenoxy) is 1. The minimum atomic E-state index is -4.56. The van der Waals surface area contributed by atoms with Gasteiger partial charge in [-0.3, -0.25) is 0 Å². The summed E-state index contributed by atoms with van der Waals surface area (Å²) in [5, 5.41) is 9.34. The highest BCUT2D eigenvalue weighted by Crippen LogP contribution is 2.37. The van der Waals surface area contributed by atoms with Crippen LogP contribution >= 0.6 is 8.69 Å². The maximum atomic E-state index is 13.4. The van der Waals surface area contributed by atoms with Crippen LogP contribution in [0.3, 0.4) is 0 Å². The van der Waals surface area contributed by atoms with Crippen LogP contribution < -0.4 is 10.5 Å². The van der Waals surface area contributed by atoms with Gasteiger partial charge in [0.25, 0.3) is 0 Å². The SMILES string of the molecule is CCCCCCCOc1ccc(C=CC(N)(CO)CO[PH+]=O)cc1C(F)(F)F. The third kappa shape index (κ3) is 8.69. The Morgan fingerprint density at radius 3 is 2.54 bits per heavy atom. The summed E-state index contributed by atoms with van der Waals surface area (Å²) in [4.78, 5) is 0. The van der Waals surface area contributed by atoms with Crippen molar-refractivity contribution in [2.75, 3.05) is 19.8 Å². The lowest BCUT2D eigenvalue weighted by Crippen LogP contribution is -2.45. The van der Waals surface area contributed by atoms with Crippen LogP contribution in [-0.2, 0) is 15.3 Å². The predicted octanol–water partition coefficient (Wildman–Crippen LogP) is 4.71. The summed E-state index contributed by atoms with van der Waals surface area (Å²) < 4.78 is 60.6. The summed E-state index contributed by atoms with van der Waals surface area (Å²) in [6, 6.07) is 3.73. The van der Waals surface area contributed by atoms with Crippen molar-refractivity contribution in [1.82, 2.24) is 0 Å². The fourth-order valence-corrected chi connectivity index (χ4v) is 2.79. The van der Waals surface area contributed by atoms with E-state index in [1.54, 1.807) is 0 Å². The van der Waals surface area contributed by atoms with Crippen molar-refractivity contribution in [2.45, 2.75) is 50.7 Å². The molecule has 9 heteroatoms. The maximum Gasteiger partial charge on any atom is 0.494 e. The number of alkyl halides is 3. The second-order valence-corrected chi connectivity index (χ2v) is 7.07. The highest BCUT2D eigenvalue weighted by atomic mass is 31.1. The first-order chi connectivity index (χ1) is 13.3. The van der Waals surface area contributed by atoms with Gasteiger partial charge in [0.05, 0.1) is 24.3 Å². The number of hydrogen-bond donors (Lipinski definition) is 2. The van der Waals surface area contributed by atoms with E-state index >= 15 is 0 Å². The standard InChI is InChI=1S/C19H28F3NO4P/c1-2-3-4-5-6-11-26-17-8-7-15(12-16(17)19(20,21)22)9-10-18(23,13-24)14-27-28-25/h7-10,12,24,28H,2-6,11,13-14,23H2,1H3/q+1. The van der Waals surface area contributed by atoms with Gasteiger partial charge >= 0.3 is 14.9 Å².